The van der Waals surface area contributed by atoms with Gasteiger partial charge in [-0.25, -0.2) is 5.32 Å². The summed E-state index contributed by atoms with van der Waals surface area (Å²) >= 11 is 5.46. The van der Waals surface area contributed by atoms with Crippen molar-refractivity contribution in [3.05, 3.63) is 71.6 Å². The van der Waals surface area contributed by atoms with E-state index in [1.165, 1.54) is 5.56 Å². The zero-order chi connectivity index (χ0) is 18.6. The summed E-state index contributed by atoms with van der Waals surface area (Å²) < 4.78 is 5.89. The molecule has 1 radical (unpaired) electrons. The van der Waals surface area contributed by atoms with Gasteiger partial charge in [0.1, 0.15) is 18.1 Å². The molecule has 0 spiro atoms. The molecule has 0 unspecified atom stereocenters. The third kappa shape index (κ3) is 4.07. The van der Waals surface area contributed by atoms with Crippen molar-refractivity contribution in [2.24, 2.45) is 0 Å². The average molecular weight is 380 g/mol. The lowest BCUT2D eigenvalue weighted by atomic mass is 10.0. The van der Waals surface area contributed by atoms with Crippen molar-refractivity contribution < 1.29 is 9.84 Å². The van der Waals surface area contributed by atoms with E-state index in [0.29, 0.717) is 11.7 Å². The molecule has 4 rings (SSSR count). The number of phenols is 1. The van der Waals surface area contributed by atoms with Gasteiger partial charge >= 0.3 is 0 Å². The van der Waals surface area contributed by atoms with E-state index in [0.717, 1.165) is 42.9 Å². The highest BCUT2D eigenvalue weighted by Gasteiger charge is 2.32. The zero-order valence-electron chi connectivity index (χ0n) is 15.0. The maximum atomic E-state index is 9.75. The van der Waals surface area contributed by atoms with Gasteiger partial charge < -0.3 is 20.1 Å². The van der Waals surface area contributed by atoms with E-state index in [9.17, 15) is 5.11 Å². The lowest BCUT2D eigenvalue weighted by molar-refractivity contribution is 0.195. The number of ether oxygens (including phenoxy) is 1. The van der Waals surface area contributed by atoms with E-state index < -0.39 is 0 Å². The molecular formula is C21H22N3O2S. The van der Waals surface area contributed by atoms with Gasteiger partial charge in [0.15, 0.2) is 5.11 Å². The molecule has 0 aromatic heterocycles. The Hall–Kier alpha value is -2.57. The van der Waals surface area contributed by atoms with Gasteiger partial charge in [-0.1, -0.05) is 30.3 Å². The second-order valence-electron chi connectivity index (χ2n) is 6.78. The first-order valence-electron chi connectivity index (χ1n) is 9.13. The van der Waals surface area contributed by atoms with Gasteiger partial charge in [0.05, 0.1) is 6.04 Å². The molecular weight excluding hydrogens is 358 g/mol. The lowest BCUT2D eigenvalue weighted by Gasteiger charge is -2.34. The van der Waals surface area contributed by atoms with Crippen molar-refractivity contribution in [1.29, 1.82) is 0 Å². The average Bonchev–Trinajstić information content (AvgIpc) is 3.06. The van der Waals surface area contributed by atoms with Crippen LogP contribution in [-0.4, -0.2) is 34.3 Å². The molecule has 5 nitrogen and oxygen atoms in total. The van der Waals surface area contributed by atoms with Crippen molar-refractivity contribution in [2.45, 2.75) is 25.4 Å². The summed E-state index contributed by atoms with van der Waals surface area (Å²) in [5.74, 6) is 1.09. The molecule has 1 atom stereocenters. The number of rotatable bonds is 6. The summed E-state index contributed by atoms with van der Waals surface area (Å²) in [6.07, 6.45) is 3.48. The maximum absolute atomic E-state index is 9.75. The first kappa shape index (κ1) is 17.8. The minimum absolute atomic E-state index is 0.0958. The van der Waals surface area contributed by atoms with Crippen molar-refractivity contribution >= 4 is 17.3 Å². The molecule has 2 aromatic carbocycles. The number of hydrogen-bond donors (Lipinski definition) is 2. The molecule has 0 amide bonds. The standard InChI is InChI=1S/C21H22N3O2S/c25-19-6-7-20-16(11-19)10-18(14-26-20)24-17(13-23-21(24)27)8-9-22-12-15-4-2-1-3-5-15/h1-7,11,13,18,22,25H,8-10,12,14H2/t18-/m1/s1. The van der Waals surface area contributed by atoms with Gasteiger partial charge in [-0.3, -0.25) is 0 Å². The molecule has 0 saturated carbocycles. The summed E-state index contributed by atoms with van der Waals surface area (Å²) in [5, 5.41) is 18.2. The van der Waals surface area contributed by atoms with Crippen molar-refractivity contribution in [3.8, 4) is 11.5 Å². The van der Waals surface area contributed by atoms with Gasteiger partial charge in [-0.2, -0.15) is 0 Å². The maximum Gasteiger partial charge on any atom is 0.200 e. The largest absolute Gasteiger partial charge is 0.508 e. The fourth-order valence-electron chi connectivity index (χ4n) is 3.53. The molecule has 2 N–H and O–H groups in total. The van der Waals surface area contributed by atoms with Crippen LogP contribution in [0.5, 0.6) is 11.5 Å². The number of thiocarbonyl (C=S) groups is 1. The molecule has 0 aliphatic carbocycles. The summed E-state index contributed by atoms with van der Waals surface area (Å²) in [6.45, 7) is 2.25. The number of aromatic hydroxyl groups is 1. The normalized spacial score (nSPS) is 18.5. The van der Waals surface area contributed by atoms with Crippen LogP contribution >= 0.6 is 12.2 Å². The van der Waals surface area contributed by atoms with Crippen LogP contribution < -0.4 is 15.4 Å². The van der Waals surface area contributed by atoms with Crippen molar-refractivity contribution in [2.75, 3.05) is 13.2 Å². The molecule has 0 bridgehead atoms. The van der Waals surface area contributed by atoms with Gasteiger partial charge in [-0.15, -0.1) is 0 Å². The molecule has 2 aliphatic rings. The molecule has 139 valence electrons. The lowest BCUT2D eigenvalue weighted by Crippen LogP contribution is -2.44. The molecule has 2 aliphatic heterocycles. The Morgan fingerprint density at radius 1 is 1.22 bits per heavy atom. The molecule has 6 heteroatoms. The van der Waals surface area contributed by atoms with Crippen LogP contribution in [0.3, 0.4) is 0 Å². The SMILES string of the molecule is Oc1ccc2c(c1)C[C@@H](N1C(=S)[N]C=C1CCNCc1ccccc1)CO2. The monoisotopic (exact) mass is 380 g/mol. The summed E-state index contributed by atoms with van der Waals surface area (Å²) in [4.78, 5) is 2.10. The van der Waals surface area contributed by atoms with Crippen LogP contribution in [0.2, 0.25) is 0 Å². The molecule has 2 aromatic rings. The zero-order valence-corrected chi connectivity index (χ0v) is 15.8. The third-order valence-electron chi connectivity index (χ3n) is 4.87. The second-order valence-corrected chi connectivity index (χ2v) is 7.14. The van der Waals surface area contributed by atoms with E-state index in [4.69, 9.17) is 17.0 Å². The Kier molecular flexibility index (Phi) is 5.27. The predicted octanol–water partition coefficient (Wildman–Crippen LogP) is 2.92. The number of fused-ring (bicyclic) bond motifs is 1. The van der Waals surface area contributed by atoms with Gasteiger partial charge in [0, 0.05) is 37.8 Å². The van der Waals surface area contributed by atoms with Crippen molar-refractivity contribution in [1.82, 2.24) is 15.5 Å². The molecule has 0 fully saturated rings. The number of nitrogens with one attached hydrogen (secondary N) is 1. The molecule has 27 heavy (non-hydrogen) atoms. The molecule has 0 saturated heterocycles. The molecule has 2 heterocycles. The van der Waals surface area contributed by atoms with E-state index in [2.05, 4.69) is 27.7 Å². The van der Waals surface area contributed by atoms with Gasteiger partial charge in [0.25, 0.3) is 0 Å². The topological polar surface area (TPSA) is 58.8 Å². The van der Waals surface area contributed by atoms with Crippen LogP contribution in [0.15, 0.2) is 60.4 Å². The first-order chi connectivity index (χ1) is 13.2. The number of benzene rings is 2. The highest BCUT2D eigenvalue weighted by atomic mass is 32.1. The smallest absolute Gasteiger partial charge is 0.200 e. The minimum Gasteiger partial charge on any atom is -0.508 e. The Balaban J connectivity index is 1.36. The Morgan fingerprint density at radius 3 is 2.93 bits per heavy atom. The summed E-state index contributed by atoms with van der Waals surface area (Å²) in [7, 11) is 0. The number of hydrogen-bond acceptors (Lipinski definition) is 4. The van der Waals surface area contributed by atoms with Crippen LogP contribution in [-0.2, 0) is 13.0 Å². The number of nitrogens with zero attached hydrogens (tertiary/aromatic N) is 2. The minimum atomic E-state index is 0.0958. The first-order valence-corrected chi connectivity index (χ1v) is 9.54. The van der Waals surface area contributed by atoms with Gasteiger partial charge in [0.2, 0.25) is 0 Å². The highest BCUT2D eigenvalue weighted by molar-refractivity contribution is 7.80. The van der Waals surface area contributed by atoms with E-state index in [1.807, 2.05) is 30.5 Å². The third-order valence-corrected chi connectivity index (χ3v) is 5.17. The van der Waals surface area contributed by atoms with Crippen LogP contribution in [0, 0.1) is 0 Å². The van der Waals surface area contributed by atoms with Crippen LogP contribution in [0.4, 0.5) is 0 Å². The Labute approximate surface area is 164 Å². The van der Waals surface area contributed by atoms with E-state index in [1.54, 1.807) is 12.1 Å². The van der Waals surface area contributed by atoms with E-state index in [-0.39, 0.29) is 11.8 Å². The Bertz CT molecular complexity index is 854. The quantitative estimate of drug-likeness (QED) is 0.596. The Morgan fingerprint density at radius 2 is 2.07 bits per heavy atom. The number of phenolic OH excluding ortho intramolecular Hbond substituents is 1. The summed E-state index contributed by atoms with van der Waals surface area (Å²) in [6, 6.07) is 15.7. The summed E-state index contributed by atoms with van der Waals surface area (Å²) in [5.41, 5.74) is 3.38. The van der Waals surface area contributed by atoms with Crippen LogP contribution in [0.25, 0.3) is 0 Å². The van der Waals surface area contributed by atoms with Crippen LogP contribution in [0.1, 0.15) is 17.5 Å². The van der Waals surface area contributed by atoms with Gasteiger partial charge in [-0.05, 0) is 41.5 Å². The second kappa shape index (κ2) is 7.98. The predicted molar refractivity (Wildman–Crippen MR) is 109 cm³/mol. The van der Waals surface area contributed by atoms with Crippen molar-refractivity contribution in [3.63, 3.8) is 0 Å². The fraction of sp³-hybridized carbons (Fsp3) is 0.286. The van der Waals surface area contributed by atoms with E-state index >= 15 is 0 Å². The fourth-order valence-corrected chi connectivity index (χ4v) is 3.85. The highest BCUT2D eigenvalue weighted by Crippen LogP contribution is 2.32.